The summed E-state index contributed by atoms with van der Waals surface area (Å²) in [4.78, 5) is 27.3. The molecule has 0 aliphatic carbocycles. The third-order valence-corrected chi connectivity index (χ3v) is 3.63. The number of nitrogens with one attached hydrogen (secondary N) is 1. The smallest absolute Gasteiger partial charge is 0.345 e. The first kappa shape index (κ1) is 16.4. The van der Waals surface area contributed by atoms with E-state index in [4.69, 9.17) is 4.74 Å². The van der Waals surface area contributed by atoms with Crippen molar-refractivity contribution in [3.05, 3.63) is 70.4 Å². The van der Waals surface area contributed by atoms with Gasteiger partial charge in [-0.2, -0.15) is 0 Å². The Bertz CT molecular complexity index is 951. The van der Waals surface area contributed by atoms with E-state index in [9.17, 15) is 14.9 Å². The van der Waals surface area contributed by atoms with E-state index in [1.54, 1.807) is 31.3 Å². The zero-order valence-corrected chi connectivity index (χ0v) is 13.4. The van der Waals surface area contributed by atoms with Gasteiger partial charge in [0.1, 0.15) is 11.3 Å². The Balaban J connectivity index is 2.09. The lowest BCUT2D eigenvalue weighted by Crippen LogP contribution is -2.09. The van der Waals surface area contributed by atoms with Crippen molar-refractivity contribution >= 4 is 33.9 Å². The van der Waals surface area contributed by atoms with E-state index in [-0.39, 0.29) is 23.5 Å². The van der Waals surface area contributed by atoms with Crippen LogP contribution in [0, 0.1) is 10.1 Å². The number of nitro groups is 1. The summed E-state index contributed by atoms with van der Waals surface area (Å²) in [6, 6.07) is 13.7. The number of nitrogens with zero attached hydrogens (tertiary/aromatic N) is 2. The van der Waals surface area contributed by atoms with E-state index in [2.05, 4.69) is 10.3 Å². The molecule has 3 rings (SSSR count). The number of nitro benzene ring substituents is 1. The van der Waals surface area contributed by atoms with Gasteiger partial charge in [0.15, 0.2) is 0 Å². The van der Waals surface area contributed by atoms with Gasteiger partial charge in [0.25, 0.3) is 0 Å². The maximum Gasteiger partial charge on any atom is 0.345 e. The highest BCUT2D eigenvalue weighted by molar-refractivity contribution is 5.99. The predicted octanol–water partition coefficient (Wildman–Crippen LogP) is 4.06. The van der Waals surface area contributed by atoms with Crippen molar-refractivity contribution in [2.24, 2.45) is 0 Å². The van der Waals surface area contributed by atoms with Gasteiger partial charge in [-0.05, 0) is 31.2 Å². The molecule has 1 aromatic heterocycles. The fourth-order valence-electron chi connectivity index (χ4n) is 2.56. The maximum absolute atomic E-state index is 12.0. The number of para-hydroxylation sites is 2. The van der Waals surface area contributed by atoms with Gasteiger partial charge in [0.05, 0.1) is 17.0 Å². The number of esters is 1. The van der Waals surface area contributed by atoms with Crippen LogP contribution >= 0.6 is 0 Å². The van der Waals surface area contributed by atoms with E-state index in [0.717, 1.165) is 10.9 Å². The van der Waals surface area contributed by atoms with Crippen molar-refractivity contribution in [1.82, 2.24) is 4.98 Å². The molecular weight excluding hydrogens is 322 g/mol. The summed E-state index contributed by atoms with van der Waals surface area (Å²) in [6.45, 7) is 1.79. The minimum atomic E-state index is -0.725. The number of fused-ring (bicyclic) bond motifs is 1. The van der Waals surface area contributed by atoms with Crippen LogP contribution in [0.15, 0.2) is 54.7 Å². The van der Waals surface area contributed by atoms with Gasteiger partial charge in [-0.15, -0.1) is 0 Å². The Kier molecular flexibility index (Phi) is 4.56. The minimum Gasteiger partial charge on any atom is -0.462 e. The van der Waals surface area contributed by atoms with Gasteiger partial charge >= 0.3 is 11.7 Å². The quantitative estimate of drug-likeness (QED) is 0.428. The summed E-state index contributed by atoms with van der Waals surface area (Å²) >= 11 is 0. The molecule has 2 aromatic carbocycles. The van der Waals surface area contributed by atoms with Gasteiger partial charge in [0.2, 0.25) is 0 Å². The van der Waals surface area contributed by atoms with Crippen molar-refractivity contribution in [3.63, 3.8) is 0 Å². The first-order valence-corrected chi connectivity index (χ1v) is 7.67. The molecule has 0 saturated heterocycles. The lowest BCUT2D eigenvalue weighted by molar-refractivity contribution is -0.384. The normalized spacial score (nSPS) is 10.4. The Morgan fingerprint density at radius 3 is 2.72 bits per heavy atom. The van der Waals surface area contributed by atoms with Gasteiger partial charge in [-0.25, -0.2) is 4.79 Å². The van der Waals surface area contributed by atoms with Crippen molar-refractivity contribution in [2.45, 2.75) is 6.92 Å². The van der Waals surface area contributed by atoms with E-state index in [0.29, 0.717) is 5.69 Å². The van der Waals surface area contributed by atoms with Crippen LogP contribution in [-0.4, -0.2) is 22.5 Å². The number of pyridine rings is 1. The number of carbonyl (C=O) groups is 1. The van der Waals surface area contributed by atoms with E-state index >= 15 is 0 Å². The third kappa shape index (κ3) is 3.25. The molecule has 0 aliphatic rings. The molecule has 0 radical (unpaired) electrons. The Morgan fingerprint density at radius 2 is 1.96 bits per heavy atom. The van der Waals surface area contributed by atoms with Crippen LogP contribution in [0.1, 0.15) is 17.3 Å². The molecule has 25 heavy (non-hydrogen) atoms. The lowest BCUT2D eigenvalue weighted by atomic mass is 10.1. The van der Waals surface area contributed by atoms with Crippen LogP contribution in [-0.2, 0) is 4.74 Å². The van der Waals surface area contributed by atoms with Crippen LogP contribution in [0.5, 0.6) is 0 Å². The molecule has 126 valence electrons. The molecule has 0 spiro atoms. The summed E-state index contributed by atoms with van der Waals surface area (Å²) in [5.74, 6) is -0.725. The zero-order chi connectivity index (χ0) is 17.8. The predicted molar refractivity (Wildman–Crippen MR) is 94.1 cm³/mol. The number of aromatic nitrogens is 1. The van der Waals surface area contributed by atoms with E-state index in [1.807, 2.05) is 24.3 Å². The number of hydrogen-bond donors (Lipinski definition) is 1. The second-order valence-electron chi connectivity index (χ2n) is 5.18. The van der Waals surface area contributed by atoms with Crippen LogP contribution in [0.25, 0.3) is 10.9 Å². The molecule has 1 N–H and O–H groups in total. The third-order valence-electron chi connectivity index (χ3n) is 3.63. The fraction of sp³-hybridized carbons (Fsp3) is 0.111. The molecule has 0 bridgehead atoms. The second kappa shape index (κ2) is 6.96. The summed E-state index contributed by atoms with van der Waals surface area (Å²) < 4.78 is 4.91. The number of carbonyl (C=O) groups excluding carboxylic acids is 1. The van der Waals surface area contributed by atoms with Crippen LogP contribution in [0.4, 0.5) is 17.1 Å². The summed E-state index contributed by atoms with van der Waals surface area (Å²) in [6.07, 6.45) is 1.62. The number of hydrogen-bond acceptors (Lipinski definition) is 6. The molecular formula is C18H15N3O4. The Morgan fingerprint density at radius 1 is 1.16 bits per heavy atom. The van der Waals surface area contributed by atoms with Gasteiger partial charge in [0, 0.05) is 17.3 Å². The fourth-order valence-corrected chi connectivity index (χ4v) is 2.56. The molecule has 7 heteroatoms. The lowest BCUT2D eigenvalue weighted by Gasteiger charge is -2.11. The highest BCUT2D eigenvalue weighted by Gasteiger charge is 2.25. The van der Waals surface area contributed by atoms with Crippen molar-refractivity contribution in [1.29, 1.82) is 0 Å². The molecule has 0 atom stereocenters. The molecule has 0 unspecified atom stereocenters. The van der Waals surface area contributed by atoms with Gasteiger partial charge in [-0.3, -0.25) is 15.1 Å². The molecule has 7 nitrogen and oxygen atoms in total. The van der Waals surface area contributed by atoms with Gasteiger partial charge < -0.3 is 10.1 Å². The van der Waals surface area contributed by atoms with Crippen molar-refractivity contribution < 1.29 is 14.5 Å². The highest BCUT2D eigenvalue weighted by Crippen LogP contribution is 2.33. The maximum atomic E-state index is 12.0. The van der Waals surface area contributed by atoms with Gasteiger partial charge in [-0.1, -0.05) is 24.3 Å². The zero-order valence-electron chi connectivity index (χ0n) is 13.4. The monoisotopic (exact) mass is 337 g/mol. The van der Waals surface area contributed by atoms with E-state index in [1.165, 1.54) is 6.07 Å². The van der Waals surface area contributed by atoms with Crippen molar-refractivity contribution in [3.8, 4) is 0 Å². The van der Waals surface area contributed by atoms with E-state index < -0.39 is 10.9 Å². The molecule has 1 heterocycles. The van der Waals surface area contributed by atoms with Crippen LogP contribution < -0.4 is 5.32 Å². The van der Waals surface area contributed by atoms with Crippen molar-refractivity contribution in [2.75, 3.05) is 11.9 Å². The summed E-state index contributed by atoms with van der Waals surface area (Å²) in [5.41, 5.74) is 1.23. The largest absolute Gasteiger partial charge is 0.462 e. The topological polar surface area (TPSA) is 94.4 Å². The second-order valence-corrected chi connectivity index (χ2v) is 5.18. The molecule has 0 aliphatic heterocycles. The Labute approximate surface area is 143 Å². The highest BCUT2D eigenvalue weighted by atomic mass is 16.6. The number of benzene rings is 2. The minimum absolute atomic E-state index is 0.0878. The van der Waals surface area contributed by atoms with Crippen LogP contribution in [0.2, 0.25) is 0 Å². The molecule has 0 amide bonds. The summed E-state index contributed by atoms with van der Waals surface area (Å²) in [5, 5.41) is 15.4. The Hall–Kier alpha value is -3.48. The molecule has 3 aromatic rings. The van der Waals surface area contributed by atoms with Crippen LogP contribution in [0.3, 0.4) is 0 Å². The molecule has 0 saturated carbocycles. The average Bonchev–Trinajstić information content (AvgIpc) is 2.62. The average molecular weight is 337 g/mol. The standard InChI is InChI=1S/C18H15N3O4/c1-2-25-18(22)13-7-5-9-16(17(13)21(23)24)20-15-10-11-19-14-8-4-3-6-12(14)15/h3-11H,2H2,1H3,(H,19,20). The SMILES string of the molecule is CCOC(=O)c1cccc(Nc2ccnc3ccccc23)c1[N+](=O)[O-]. The number of rotatable bonds is 5. The first-order valence-electron chi connectivity index (χ1n) is 7.67. The number of ether oxygens (including phenoxy) is 1. The summed E-state index contributed by atoms with van der Waals surface area (Å²) in [7, 11) is 0. The number of anilines is 2. The molecule has 0 fully saturated rings. The first-order chi connectivity index (χ1) is 12.1.